The molecule has 2 amide bonds. The number of halogens is 4. The number of carboxylic acids is 1. The molecule has 1 unspecified atom stereocenters. The van der Waals surface area contributed by atoms with Crippen LogP contribution >= 0.6 is 15.9 Å². The molecule has 0 aromatic heterocycles. The number of carbonyl (C=O) groups is 2. The quantitative estimate of drug-likeness (QED) is 0.535. The SMILES string of the molecule is CS(=O)(=O)c1cc(C#N)ccc1C1C(C(=O)O)=C(CBr)NC(=O)N1c1cccc(C(F)(F)F)c1. The first kappa shape index (κ1) is 25.3. The number of hydrogen-bond acceptors (Lipinski definition) is 5. The molecule has 1 heterocycles. The molecule has 34 heavy (non-hydrogen) atoms. The minimum Gasteiger partial charge on any atom is -0.478 e. The van der Waals surface area contributed by atoms with Crippen LogP contribution < -0.4 is 10.2 Å². The number of nitriles is 1. The number of sulfone groups is 1. The van der Waals surface area contributed by atoms with Gasteiger partial charge in [0, 0.05) is 23.0 Å². The van der Waals surface area contributed by atoms with Gasteiger partial charge in [-0.2, -0.15) is 18.4 Å². The number of allylic oxidation sites excluding steroid dienone is 1. The third-order valence-electron chi connectivity index (χ3n) is 4.99. The summed E-state index contributed by atoms with van der Waals surface area (Å²) in [5.74, 6) is -1.53. The number of aliphatic carboxylic acids is 1. The number of alkyl halides is 4. The standard InChI is InChI=1S/C21H15BrF3N3O5S/c1-34(32,33)16-7-11(10-26)5-6-14(16)18-17(19(29)30)15(9-22)27-20(31)28(18)13-4-2-3-12(8-13)21(23,24)25/h2-8,18H,9H2,1H3,(H,27,31)(H,29,30). The minimum atomic E-state index is -4.75. The van der Waals surface area contributed by atoms with Gasteiger partial charge in [0.05, 0.1) is 33.7 Å². The van der Waals surface area contributed by atoms with Crippen molar-refractivity contribution >= 4 is 43.5 Å². The Balaban J connectivity index is 2.41. The zero-order valence-electron chi connectivity index (χ0n) is 17.2. The summed E-state index contributed by atoms with van der Waals surface area (Å²) in [6, 6.07) is 6.27. The van der Waals surface area contributed by atoms with E-state index in [0.29, 0.717) is 6.07 Å². The molecule has 0 aliphatic carbocycles. The first-order valence-electron chi connectivity index (χ1n) is 9.33. The monoisotopic (exact) mass is 557 g/mol. The number of carbonyl (C=O) groups excluding carboxylic acids is 1. The van der Waals surface area contributed by atoms with E-state index in [1.807, 2.05) is 0 Å². The number of nitrogens with zero attached hydrogens (tertiary/aromatic N) is 2. The fraction of sp³-hybridized carbons (Fsp3) is 0.190. The fourth-order valence-electron chi connectivity index (χ4n) is 3.56. The molecule has 1 atom stereocenters. The van der Waals surface area contributed by atoms with Gasteiger partial charge in [-0.05, 0) is 35.9 Å². The Kier molecular flexibility index (Phi) is 6.77. The van der Waals surface area contributed by atoms with Gasteiger partial charge in [-0.25, -0.2) is 18.0 Å². The second-order valence-corrected chi connectivity index (χ2v) is 9.76. The third kappa shape index (κ3) is 4.78. The van der Waals surface area contributed by atoms with Crippen LogP contribution in [0.4, 0.5) is 23.7 Å². The summed E-state index contributed by atoms with van der Waals surface area (Å²) in [5, 5.41) is 21.4. The van der Waals surface area contributed by atoms with Crippen molar-refractivity contribution in [3.8, 4) is 6.07 Å². The molecule has 0 bridgehead atoms. The molecule has 0 saturated carbocycles. The number of benzene rings is 2. The highest BCUT2D eigenvalue weighted by atomic mass is 79.9. The lowest BCUT2D eigenvalue weighted by molar-refractivity contribution is -0.137. The topological polar surface area (TPSA) is 128 Å². The molecule has 2 aromatic carbocycles. The van der Waals surface area contributed by atoms with Crippen LogP contribution in [-0.4, -0.2) is 37.1 Å². The Hall–Kier alpha value is -3.37. The highest BCUT2D eigenvalue weighted by molar-refractivity contribution is 9.09. The predicted octanol–water partition coefficient (Wildman–Crippen LogP) is 3.99. The molecule has 3 rings (SSSR count). The van der Waals surface area contributed by atoms with Gasteiger partial charge < -0.3 is 10.4 Å². The first-order valence-corrected chi connectivity index (χ1v) is 12.3. The molecule has 1 aliphatic rings. The highest BCUT2D eigenvalue weighted by Gasteiger charge is 2.42. The molecular weight excluding hydrogens is 543 g/mol. The van der Waals surface area contributed by atoms with Crippen LogP contribution in [0.25, 0.3) is 0 Å². The molecule has 1 aliphatic heterocycles. The lowest BCUT2D eigenvalue weighted by Gasteiger charge is -2.38. The lowest BCUT2D eigenvalue weighted by atomic mass is 9.92. The Morgan fingerprint density at radius 1 is 1.26 bits per heavy atom. The van der Waals surface area contributed by atoms with Crippen molar-refractivity contribution in [2.45, 2.75) is 17.1 Å². The fourth-order valence-corrected chi connectivity index (χ4v) is 4.95. The maximum atomic E-state index is 13.3. The average Bonchev–Trinajstić information content (AvgIpc) is 2.76. The van der Waals surface area contributed by atoms with Crippen molar-refractivity contribution in [1.82, 2.24) is 5.32 Å². The Morgan fingerprint density at radius 2 is 1.94 bits per heavy atom. The van der Waals surface area contributed by atoms with E-state index in [1.54, 1.807) is 6.07 Å². The van der Waals surface area contributed by atoms with Gasteiger partial charge in [-0.3, -0.25) is 4.90 Å². The largest absolute Gasteiger partial charge is 0.478 e. The van der Waals surface area contributed by atoms with Gasteiger partial charge in [0.1, 0.15) is 0 Å². The lowest BCUT2D eigenvalue weighted by Crippen LogP contribution is -2.49. The first-order chi connectivity index (χ1) is 15.8. The van der Waals surface area contributed by atoms with Crippen LogP contribution in [0.2, 0.25) is 0 Å². The zero-order chi connectivity index (χ0) is 25.4. The van der Waals surface area contributed by atoms with Crippen LogP contribution in [0.5, 0.6) is 0 Å². The third-order valence-corrected chi connectivity index (χ3v) is 6.70. The van der Waals surface area contributed by atoms with Crippen LogP contribution in [-0.2, 0) is 20.8 Å². The summed E-state index contributed by atoms with van der Waals surface area (Å²) in [6.07, 6.45) is -3.92. The summed E-state index contributed by atoms with van der Waals surface area (Å²) in [7, 11) is -4.06. The summed E-state index contributed by atoms with van der Waals surface area (Å²) in [6.45, 7) is 0. The van der Waals surface area contributed by atoms with Gasteiger partial charge in [-0.15, -0.1) is 0 Å². The van der Waals surface area contributed by atoms with Crippen LogP contribution in [0, 0.1) is 11.3 Å². The van der Waals surface area contributed by atoms with Crippen molar-refractivity contribution < 1.29 is 36.3 Å². The van der Waals surface area contributed by atoms with Gasteiger partial charge in [0.15, 0.2) is 9.84 Å². The molecule has 0 spiro atoms. The number of nitrogens with one attached hydrogen (secondary N) is 1. The van der Waals surface area contributed by atoms with E-state index >= 15 is 0 Å². The molecule has 2 N–H and O–H groups in total. The van der Waals surface area contributed by atoms with Gasteiger partial charge in [0.25, 0.3) is 0 Å². The normalized spacial score (nSPS) is 16.8. The predicted molar refractivity (Wildman–Crippen MR) is 118 cm³/mol. The Bertz CT molecular complexity index is 1370. The van der Waals surface area contributed by atoms with E-state index in [-0.39, 0.29) is 27.8 Å². The maximum Gasteiger partial charge on any atom is 0.416 e. The van der Waals surface area contributed by atoms with Crippen molar-refractivity contribution in [2.24, 2.45) is 0 Å². The van der Waals surface area contributed by atoms with E-state index in [1.165, 1.54) is 18.2 Å². The summed E-state index contributed by atoms with van der Waals surface area (Å²) in [5.41, 5.74) is -2.19. The van der Waals surface area contributed by atoms with Crippen LogP contribution in [0.3, 0.4) is 0 Å². The van der Waals surface area contributed by atoms with Crippen molar-refractivity contribution in [3.63, 3.8) is 0 Å². The number of hydrogen-bond donors (Lipinski definition) is 2. The van der Waals surface area contributed by atoms with E-state index < -0.39 is 50.1 Å². The molecule has 2 aromatic rings. The summed E-state index contributed by atoms with van der Waals surface area (Å²) < 4.78 is 65.1. The summed E-state index contributed by atoms with van der Waals surface area (Å²) >= 11 is 3.08. The molecular formula is C21H15BrF3N3O5S. The number of rotatable bonds is 5. The van der Waals surface area contributed by atoms with E-state index in [9.17, 15) is 41.5 Å². The number of anilines is 1. The number of carboxylic acid groups (broad SMARTS) is 1. The molecule has 0 saturated heterocycles. The minimum absolute atomic E-state index is 0.0448. The van der Waals surface area contributed by atoms with Gasteiger partial charge in [0.2, 0.25) is 0 Å². The summed E-state index contributed by atoms with van der Waals surface area (Å²) in [4.78, 5) is 25.6. The van der Waals surface area contributed by atoms with Gasteiger partial charge >= 0.3 is 18.2 Å². The molecule has 0 fully saturated rings. The molecule has 13 heteroatoms. The number of urea groups is 1. The average molecular weight is 558 g/mol. The van der Waals surface area contributed by atoms with E-state index in [2.05, 4.69) is 21.2 Å². The maximum absolute atomic E-state index is 13.3. The molecule has 0 radical (unpaired) electrons. The zero-order valence-corrected chi connectivity index (χ0v) is 19.6. The molecule has 178 valence electrons. The van der Waals surface area contributed by atoms with E-state index in [4.69, 9.17) is 0 Å². The van der Waals surface area contributed by atoms with Crippen LogP contribution in [0.1, 0.15) is 22.7 Å². The van der Waals surface area contributed by atoms with E-state index in [0.717, 1.165) is 29.4 Å². The Morgan fingerprint density at radius 3 is 2.47 bits per heavy atom. The number of amides is 2. The van der Waals surface area contributed by atoms with Crippen molar-refractivity contribution in [3.05, 3.63) is 70.4 Å². The van der Waals surface area contributed by atoms with Crippen LogP contribution in [0.15, 0.2) is 58.6 Å². The second kappa shape index (κ2) is 9.11. The van der Waals surface area contributed by atoms with Crippen molar-refractivity contribution in [1.29, 1.82) is 5.26 Å². The van der Waals surface area contributed by atoms with Gasteiger partial charge in [-0.1, -0.05) is 28.1 Å². The van der Waals surface area contributed by atoms with Crippen molar-refractivity contribution in [2.75, 3.05) is 16.5 Å². The molecule has 8 nitrogen and oxygen atoms in total. The highest BCUT2D eigenvalue weighted by Crippen LogP contribution is 2.41. The second-order valence-electron chi connectivity index (χ2n) is 7.22. The Labute approximate surface area is 200 Å². The smallest absolute Gasteiger partial charge is 0.416 e.